The molecule has 0 fully saturated rings. The van der Waals surface area contributed by atoms with Crippen molar-refractivity contribution in [2.45, 2.75) is 6.54 Å². The zero-order chi connectivity index (χ0) is 12.4. The summed E-state index contributed by atoms with van der Waals surface area (Å²) in [7, 11) is 0. The molecule has 0 aliphatic carbocycles. The van der Waals surface area contributed by atoms with Crippen LogP contribution in [0.4, 0.5) is 0 Å². The number of hydrogen-bond donors (Lipinski definition) is 0. The molecule has 0 saturated carbocycles. The molecule has 3 heteroatoms. The van der Waals surface area contributed by atoms with Gasteiger partial charge in [-0.15, -0.1) is 0 Å². The largest absolute Gasteiger partial charge is 0.286 e. The number of fused-ring (bicyclic) bond motifs is 1. The number of hydrogen-bond acceptors (Lipinski definition) is 1. The molecular formula is C15H12N3+. The van der Waals surface area contributed by atoms with Crippen molar-refractivity contribution in [3.63, 3.8) is 0 Å². The highest BCUT2D eigenvalue weighted by Gasteiger charge is 2.08. The van der Waals surface area contributed by atoms with E-state index >= 15 is 0 Å². The molecule has 0 N–H and O–H groups in total. The molecule has 1 aromatic carbocycles. The third kappa shape index (κ3) is 1.85. The van der Waals surface area contributed by atoms with E-state index in [4.69, 9.17) is 5.26 Å². The van der Waals surface area contributed by atoms with Gasteiger partial charge < -0.3 is 0 Å². The molecule has 0 radical (unpaired) electrons. The van der Waals surface area contributed by atoms with Gasteiger partial charge in [0.25, 0.3) is 5.65 Å². The number of nitriles is 1. The van der Waals surface area contributed by atoms with Gasteiger partial charge in [0, 0.05) is 6.07 Å². The minimum absolute atomic E-state index is 0.700. The van der Waals surface area contributed by atoms with Crippen LogP contribution in [0.2, 0.25) is 0 Å². The maximum atomic E-state index is 8.77. The molecule has 3 aromatic rings. The second-order valence-electron chi connectivity index (χ2n) is 4.20. The summed E-state index contributed by atoms with van der Waals surface area (Å²) in [5, 5.41) is 8.77. The Morgan fingerprint density at radius 1 is 1.06 bits per heavy atom. The van der Waals surface area contributed by atoms with Gasteiger partial charge in [-0.05, 0) is 23.8 Å². The lowest BCUT2D eigenvalue weighted by atomic mass is 10.1. The summed E-state index contributed by atoms with van der Waals surface area (Å²) in [5.74, 6) is 0. The second-order valence-corrected chi connectivity index (χ2v) is 4.20. The third-order valence-electron chi connectivity index (χ3n) is 3.01. The molecule has 0 unspecified atom stereocenters. The summed E-state index contributed by atoms with van der Waals surface area (Å²) in [6.07, 6.45) is 6.14. The maximum Gasteiger partial charge on any atom is 0.286 e. The van der Waals surface area contributed by atoms with Crippen LogP contribution in [0.5, 0.6) is 0 Å². The summed E-state index contributed by atoms with van der Waals surface area (Å²) in [5.41, 5.74) is 3.04. The van der Waals surface area contributed by atoms with E-state index in [-0.39, 0.29) is 0 Å². The van der Waals surface area contributed by atoms with Crippen LogP contribution in [0, 0.1) is 11.3 Å². The average Bonchev–Trinajstić information content (AvgIpc) is 2.83. The van der Waals surface area contributed by atoms with Crippen LogP contribution in [0.3, 0.4) is 0 Å². The zero-order valence-corrected chi connectivity index (χ0v) is 9.82. The van der Waals surface area contributed by atoms with E-state index in [1.165, 1.54) is 5.56 Å². The molecule has 0 atom stereocenters. The molecule has 0 bridgehead atoms. The van der Waals surface area contributed by atoms with Crippen LogP contribution < -0.4 is 4.57 Å². The highest BCUT2D eigenvalue weighted by molar-refractivity contribution is 5.33. The summed E-state index contributed by atoms with van der Waals surface area (Å²) in [4.78, 5) is 0. The Hall–Kier alpha value is -2.60. The van der Waals surface area contributed by atoms with Gasteiger partial charge >= 0.3 is 0 Å². The maximum absolute atomic E-state index is 8.77. The highest BCUT2D eigenvalue weighted by atomic mass is 15.1. The van der Waals surface area contributed by atoms with E-state index in [9.17, 15) is 0 Å². The number of nitrogens with zero attached hydrogens (tertiary/aromatic N) is 3. The van der Waals surface area contributed by atoms with Gasteiger partial charge in [-0.1, -0.05) is 18.2 Å². The number of rotatable bonds is 2. The molecule has 86 valence electrons. The van der Waals surface area contributed by atoms with E-state index in [0.717, 1.165) is 12.2 Å². The second kappa shape index (κ2) is 4.34. The van der Waals surface area contributed by atoms with Crippen LogP contribution in [0.1, 0.15) is 11.1 Å². The molecule has 0 aliphatic heterocycles. The molecule has 3 rings (SSSR count). The molecular weight excluding hydrogens is 222 g/mol. The Morgan fingerprint density at radius 3 is 2.67 bits per heavy atom. The van der Waals surface area contributed by atoms with Gasteiger partial charge in [0.1, 0.15) is 18.9 Å². The minimum Gasteiger partial charge on any atom is -0.226 e. The Morgan fingerprint density at radius 2 is 1.89 bits per heavy atom. The number of pyridine rings is 1. The first-order valence-electron chi connectivity index (χ1n) is 5.81. The van der Waals surface area contributed by atoms with Crippen molar-refractivity contribution in [1.82, 2.24) is 4.40 Å². The van der Waals surface area contributed by atoms with Gasteiger partial charge in [0.05, 0.1) is 17.8 Å². The molecule has 0 spiro atoms. The van der Waals surface area contributed by atoms with E-state index in [1.807, 2.05) is 48.8 Å². The van der Waals surface area contributed by atoms with E-state index in [1.54, 1.807) is 0 Å². The highest BCUT2D eigenvalue weighted by Crippen LogP contribution is 2.04. The lowest BCUT2D eigenvalue weighted by Gasteiger charge is -1.99. The Bertz CT molecular complexity index is 717. The number of benzene rings is 1. The topological polar surface area (TPSA) is 32.1 Å². The van der Waals surface area contributed by atoms with Gasteiger partial charge in [-0.25, -0.2) is 8.97 Å². The van der Waals surface area contributed by atoms with Gasteiger partial charge in [-0.3, -0.25) is 0 Å². The molecule has 18 heavy (non-hydrogen) atoms. The SMILES string of the molecule is N#Cc1ccc(C[n+]2ccn3ccccc32)cc1. The quantitative estimate of drug-likeness (QED) is 0.625. The molecule has 0 saturated heterocycles. The van der Waals surface area contributed by atoms with Crippen LogP contribution >= 0.6 is 0 Å². The summed E-state index contributed by atoms with van der Waals surface area (Å²) >= 11 is 0. The predicted octanol–water partition coefficient (Wildman–Crippen LogP) is 2.15. The molecule has 2 aromatic heterocycles. The monoisotopic (exact) mass is 234 g/mol. The molecule has 3 nitrogen and oxygen atoms in total. The fourth-order valence-electron chi connectivity index (χ4n) is 2.06. The van der Waals surface area contributed by atoms with Crippen molar-refractivity contribution >= 4 is 5.65 Å². The Labute approximate surface area is 105 Å². The fraction of sp³-hybridized carbons (Fsp3) is 0.0667. The van der Waals surface area contributed by atoms with E-state index in [2.05, 4.69) is 27.3 Å². The van der Waals surface area contributed by atoms with Gasteiger partial charge in [0.2, 0.25) is 0 Å². The summed E-state index contributed by atoms with van der Waals surface area (Å²) in [6.45, 7) is 0.812. The van der Waals surface area contributed by atoms with Crippen LogP contribution in [-0.4, -0.2) is 4.40 Å². The Balaban J connectivity index is 1.94. The Kier molecular flexibility index (Phi) is 2.54. The predicted molar refractivity (Wildman–Crippen MR) is 67.9 cm³/mol. The van der Waals surface area contributed by atoms with E-state index < -0.39 is 0 Å². The van der Waals surface area contributed by atoms with Crippen LogP contribution in [0.25, 0.3) is 5.65 Å². The van der Waals surface area contributed by atoms with Crippen molar-refractivity contribution in [3.05, 3.63) is 72.2 Å². The molecule has 0 aliphatic rings. The standard InChI is InChI=1S/C15H12N3/c16-11-13-4-6-14(7-5-13)12-18-10-9-17-8-2-1-3-15(17)18/h1-10H,12H2/q+1. The lowest BCUT2D eigenvalue weighted by Crippen LogP contribution is -2.32. The normalized spacial score (nSPS) is 10.4. The minimum atomic E-state index is 0.700. The number of aromatic nitrogens is 2. The summed E-state index contributed by atoms with van der Waals surface area (Å²) < 4.78 is 4.27. The average molecular weight is 234 g/mol. The first-order valence-corrected chi connectivity index (χ1v) is 5.81. The number of imidazole rings is 1. The van der Waals surface area contributed by atoms with Crippen LogP contribution in [-0.2, 0) is 6.54 Å². The first kappa shape index (κ1) is 10.5. The lowest BCUT2D eigenvalue weighted by molar-refractivity contribution is -0.661. The fourth-order valence-corrected chi connectivity index (χ4v) is 2.06. The zero-order valence-electron chi connectivity index (χ0n) is 9.82. The van der Waals surface area contributed by atoms with Crippen molar-refractivity contribution in [3.8, 4) is 6.07 Å². The molecule has 0 amide bonds. The summed E-state index contributed by atoms with van der Waals surface area (Å²) in [6, 6.07) is 16.0. The molecule has 2 heterocycles. The van der Waals surface area contributed by atoms with Crippen molar-refractivity contribution in [2.75, 3.05) is 0 Å². The van der Waals surface area contributed by atoms with E-state index in [0.29, 0.717) is 5.56 Å². The van der Waals surface area contributed by atoms with Gasteiger partial charge in [-0.2, -0.15) is 5.26 Å². The smallest absolute Gasteiger partial charge is 0.226 e. The third-order valence-corrected chi connectivity index (χ3v) is 3.01. The van der Waals surface area contributed by atoms with Gasteiger partial charge in [0.15, 0.2) is 0 Å². The first-order chi connectivity index (χ1) is 8.86. The van der Waals surface area contributed by atoms with Crippen molar-refractivity contribution in [2.24, 2.45) is 0 Å². The van der Waals surface area contributed by atoms with Crippen molar-refractivity contribution < 1.29 is 4.57 Å². The van der Waals surface area contributed by atoms with Crippen LogP contribution in [0.15, 0.2) is 61.1 Å². The van der Waals surface area contributed by atoms with Crippen molar-refractivity contribution in [1.29, 1.82) is 5.26 Å².